The molecule has 3 atom stereocenters. The van der Waals surface area contributed by atoms with Gasteiger partial charge < -0.3 is 10.1 Å². The summed E-state index contributed by atoms with van der Waals surface area (Å²) in [6.45, 7) is 2.03. The molecular formula is C16H19BrClNO2. The lowest BCUT2D eigenvalue weighted by molar-refractivity contribution is -0.139. The molecule has 3 nitrogen and oxygen atoms in total. The molecular weight excluding hydrogens is 354 g/mol. The number of carboxylic acid groups (broad SMARTS) is 1. The highest BCUT2D eigenvalue weighted by molar-refractivity contribution is 9.09. The number of fused-ring (bicyclic) bond motifs is 1. The van der Waals surface area contributed by atoms with Crippen LogP contribution < -0.4 is 0 Å². The second-order valence-electron chi connectivity index (χ2n) is 5.20. The Morgan fingerprint density at radius 2 is 2.10 bits per heavy atom. The number of benzene rings is 1. The third-order valence-corrected chi connectivity index (χ3v) is 5.82. The summed E-state index contributed by atoms with van der Waals surface area (Å²) in [6, 6.07) is 7.78. The second-order valence-corrected chi connectivity index (χ2v) is 6.93. The molecule has 1 aromatic carbocycles. The van der Waals surface area contributed by atoms with E-state index in [0.29, 0.717) is 6.42 Å². The summed E-state index contributed by atoms with van der Waals surface area (Å²) in [4.78, 5) is 14.9. The molecule has 114 valence electrons. The van der Waals surface area contributed by atoms with Crippen molar-refractivity contribution in [2.45, 2.75) is 42.3 Å². The lowest BCUT2D eigenvalue weighted by Crippen LogP contribution is -2.18. The molecule has 0 aliphatic heterocycles. The predicted octanol–water partition coefficient (Wildman–Crippen LogP) is 4.90. The van der Waals surface area contributed by atoms with E-state index in [1.165, 1.54) is 0 Å². The molecule has 2 rings (SSSR count). The number of rotatable bonds is 7. The van der Waals surface area contributed by atoms with E-state index in [0.717, 1.165) is 29.3 Å². The lowest BCUT2D eigenvalue weighted by Gasteiger charge is -2.17. The highest BCUT2D eigenvalue weighted by Gasteiger charge is 2.25. The number of hydrogen-bond acceptors (Lipinski definition) is 1. The van der Waals surface area contributed by atoms with Gasteiger partial charge in [-0.2, -0.15) is 0 Å². The first-order chi connectivity index (χ1) is 10.0. The maximum atomic E-state index is 11.6. The summed E-state index contributed by atoms with van der Waals surface area (Å²) in [6.07, 6.45) is 3.97. The van der Waals surface area contributed by atoms with Crippen LogP contribution >= 0.6 is 27.5 Å². The molecule has 0 amide bonds. The molecule has 0 bridgehead atoms. The molecule has 2 aromatic rings. The SMILES string of the molecule is CCC(Cl)C(Br)CCC(C(=O)O)c1c[nH]c2ccccc12. The number of aromatic nitrogens is 1. The normalized spacial score (nSPS) is 15.8. The van der Waals surface area contributed by atoms with Gasteiger partial charge in [0.05, 0.1) is 5.92 Å². The molecule has 1 aromatic heterocycles. The third kappa shape index (κ3) is 3.80. The summed E-state index contributed by atoms with van der Waals surface area (Å²) in [5.74, 6) is -1.30. The third-order valence-electron chi connectivity index (χ3n) is 3.81. The van der Waals surface area contributed by atoms with Crippen molar-refractivity contribution in [3.05, 3.63) is 36.0 Å². The number of carbonyl (C=O) groups is 1. The molecule has 0 aliphatic carbocycles. The second kappa shape index (κ2) is 7.32. The fourth-order valence-electron chi connectivity index (χ4n) is 2.56. The highest BCUT2D eigenvalue weighted by Crippen LogP contribution is 2.31. The zero-order chi connectivity index (χ0) is 15.4. The van der Waals surface area contributed by atoms with Crippen molar-refractivity contribution in [3.63, 3.8) is 0 Å². The van der Waals surface area contributed by atoms with Crippen LogP contribution in [0.15, 0.2) is 30.5 Å². The molecule has 0 spiro atoms. The molecule has 3 unspecified atom stereocenters. The van der Waals surface area contributed by atoms with E-state index in [2.05, 4.69) is 20.9 Å². The fraction of sp³-hybridized carbons (Fsp3) is 0.438. The molecule has 21 heavy (non-hydrogen) atoms. The van der Waals surface area contributed by atoms with Crippen LogP contribution in [-0.4, -0.2) is 26.3 Å². The average molecular weight is 373 g/mol. The van der Waals surface area contributed by atoms with Crippen LogP contribution in [0.1, 0.15) is 37.7 Å². The number of alkyl halides is 2. The van der Waals surface area contributed by atoms with Crippen molar-refractivity contribution in [1.29, 1.82) is 0 Å². The average Bonchev–Trinajstić information content (AvgIpc) is 2.90. The first-order valence-corrected chi connectivity index (χ1v) is 8.46. The van der Waals surface area contributed by atoms with Crippen molar-refractivity contribution < 1.29 is 9.90 Å². The van der Waals surface area contributed by atoms with Crippen LogP contribution in [0.4, 0.5) is 0 Å². The van der Waals surface area contributed by atoms with Gasteiger partial charge in [-0.05, 0) is 30.9 Å². The van der Waals surface area contributed by atoms with Crippen LogP contribution in [0, 0.1) is 0 Å². The topological polar surface area (TPSA) is 53.1 Å². The summed E-state index contributed by atoms with van der Waals surface area (Å²) in [5, 5.41) is 10.6. The van der Waals surface area contributed by atoms with Crippen LogP contribution in [0.3, 0.4) is 0 Å². The minimum absolute atomic E-state index is 0.0300. The van der Waals surface area contributed by atoms with Crippen molar-refractivity contribution in [2.75, 3.05) is 0 Å². The van der Waals surface area contributed by atoms with E-state index in [4.69, 9.17) is 11.6 Å². The van der Waals surface area contributed by atoms with Crippen LogP contribution in [0.25, 0.3) is 10.9 Å². The molecule has 0 radical (unpaired) electrons. The highest BCUT2D eigenvalue weighted by atomic mass is 79.9. The van der Waals surface area contributed by atoms with Gasteiger partial charge >= 0.3 is 5.97 Å². The van der Waals surface area contributed by atoms with Crippen molar-refractivity contribution in [3.8, 4) is 0 Å². The van der Waals surface area contributed by atoms with Crippen molar-refractivity contribution in [2.24, 2.45) is 0 Å². The number of nitrogens with one attached hydrogen (secondary N) is 1. The monoisotopic (exact) mass is 371 g/mol. The summed E-state index contributed by atoms with van der Waals surface area (Å²) in [7, 11) is 0. The van der Waals surface area contributed by atoms with Gasteiger partial charge in [-0.3, -0.25) is 4.79 Å². The van der Waals surface area contributed by atoms with Gasteiger partial charge in [0.2, 0.25) is 0 Å². The lowest BCUT2D eigenvalue weighted by atomic mass is 9.92. The summed E-state index contributed by atoms with van der Waals surface area (Å²) >= 11 is 9.76. The summed E-state index contributed by atoms with van der Waals surface area (Å²) in [5.41, 5.74) is 1.82. The smallest absolute Gasteiger partial charge is 0.311 e. The Morgan fingerprint density at radius 3 is 2.76 bits per heavy atom. The number of hydrogen-bond donors (Lipinski definition) is 2. The van der Waals surface area contributed by atoms with Gasteiger partial charge in [-0.1, -0.05) is 41.1 Å². The predicted molar refractivity (Wildman–Crippen MR) is 90.6 cm³/mol. The first kappa shape index (κ1) is 16.4. The zero-order valence-electron chi connectivity index (χ0n) is 11.9. The molecule has 2 N–H and O–H groups in total. The number of H-pyrrole nitrogens is 1. The molecule has 5 heteroatoms. The van der Waals surface area contributed by atoms with Gasteiger partial charge in [-0.25, -0.2) is 0 Å². The number of aliphatic carboxylic acids is 1. The van der Waals surface area contributed by atoms with E-state index in [1.807, 2.05) is 37.4 Å². The van der Waals surface area contributed by atoms with E-state index in [1.54, 1.807) is 0 Å². The number of carboxylic acids is 1. The number of halogens is 2. The molecule has 0 saturated heterocycles. The maximum Gasteiger partial charge on any atom is 0.311 e. The quantitative estimate of drug-likeness (QED) is 0.679. The van der Waals surface area contributed by atoms with E-state index >= 15 is 0 Å². The number of para-hydroxylation sites is 1. The Bertz CT molecular complexity index is 613. The largest absolute Gasteiger partial charge is 0.481 e. The Balaban J connectivity index is 2.18. The van der Waals surface area contributed by atoms with Crippen molar-refractivity contribution >= 4 is 44.4 Å². The van der Waals surface area contributed by atoms with Crippen LogP contribution in [0.5, 0.6) is 0 Å². The molecule has 0 saturated carbocycles. The van der Waals surface area contributed by atoms with Crippen LogP contribution in [-0.2, 0) is 4.79 Å². The first-order valence-electron chi connectivity index (χ1n) is 7.11. The fourth-order valence-corrected chi connectivity index (χ4v) is 3.32. The molecule has 0 fully saturated rings. The Hall–Kier alpha value is -1.00. The zero-order valence-corrected chi connectivity index (χ0v) is 14.2. The standard InChI is InChI=1S/C16H19BrClNO2/c1-2-14(18)13(17)8-7-11(16(20)21)12-9-19-15-6-4-3-5-10(12)15/h3-6,9,11,13-14,19H,2,7-8H2,1H3,(H,20,21). The Morgan fingerprint density at radius 1 is 1.38 bits per heavy atom. The minimum Gasteiger partial charge on any atom is -0.481 e. The van der Waals surface area contributed by atoms with Gasteiger partial charge in [0.15, 0.2) is 0 Å². The molecule has 0 aliphatic rings. The van der Waals surface area contributed by atoms with Crippen LogP contribution in [0.2, 0.25) is 0 Å². The number of aromatic amines is 1. The van der Waals surface area contributed by atoms with Gasteiger partial charge in [-0.15, -0.1) is 11.6 Å². The maximum absolute atomic E-state index is 11.6. The van der Waals surface area contributed by atoms with E-state index < -0.39 is 11.9 Å². The Labute approximate surface area is 137 Å². The van der Waals surface area contributed by atoms with Crippen molar-refractivity contribution in [1.82, 2.24) is 4.98 Å². The van der Waals surface area contributed by atoms with E-state index in [-0.39, 0.29) is 10.2 Å². The van der Waals surface area contributed by atoms with Gasteiger partial charge in [0, 0.05) is 27.3 Å². The summed E-state index contributed by atoms with van der Waals surface area (Å²) < 4.78 is 0. The molecule has 1 heterocycles. The Kier molecular flexibility index (Phi) is 5.71. The van der Waals surface area contributed by atoms with E-state index in [9.17, 15) is 9.90 Å². The van der Waals surface area contributed by atoms with Gasteiger partial charge in [0.25, 0.3) is 0 Å². The van der Waals surface area contributed by atoms with Gasteiger partial charge in [0.1, 0.15) is 0 Å². The minimum atomic E-state index is -0.790.